The number of hydrogen-bond donors (Lipinski definition) is 1. The van der Waals surface area contributed by atoms with Gasteiger partial charge in [0.2, 0.25) is 0 Å². The van der Waals surface area contributed by atoms with E-state index >= 15 is 0 Å². The molecule has 2 unspecified atom stereocenters. The number of benzene rings is 3. The van der Waals surface area contributed by atoms with Gasteiger partial charge in [-0.15, -0.1) is 0 Å². The van der Waals surface area contributed by atoms with Crippen molar-refractivity contribution in [2.75, 3.05) is 24.4 Å². The Bertz CT molecular complexity index is 1150. The van der Waals surface area contributed by atoms with E-state index < -0.39 is 0 Å². The highest BCUT2D eigenvalue weighted by atomic mass is 35.5. The fraction of sp³-hybridized carbons (Fsp3) is 0.240. The highest BCUT2D eigenvalue weighted by molar-refractivity contribution is 6.36. The van der Waals surface area contributed by atoms with Crippen LogP contribution < -0.4 is 19.7 Å². The lowest BCUT2D eigenvalue weighted by molar-refractivity contribution is 0.0973. The van der Waals surface area contributed by atoms with Crippen LogP contribution >= 0.6 is 23.2 Å². The highest BCUT2D eigenvalue weighted by Gasteiger charge is 2.34. The number of fused-ring (bicyclic) bond motifs is 1. The summed E-state index contributed by atoms with van der Waals surface area (Å²) in [6.07, 6.45) is 0.717. The van der Waals surface area contributed by atoms with Crippen molar-refractivity contribution in [2.24, 2.45) is 0 Å². The third-order valence-corrected chi connectivity index (χ3v) is 6.25. The maximum atomic E-state index is 13.6. The van der Waals surface area contributed by atoms with Crippen LogP contribution in [0.15, 0.2) is 60.7 Å². The summed E-state index contributed by atoms with van der Waals surface area (Å²) in [7, 11) is 3.13. The van der Waals surface area contributed by atoms with Crippen LogP contribution in [0.25, 0.3) is 0 Å². The molecule has 0 aliphatic carbocycles. The molecule has 3 aromatic carbocycles. The molecule has 1 aliphatic rings. The molecule has 7 heteroatoms. The summed E-state index contributed by atoms with van der Waals surface area (Å²) in [6, 6.07) is 18.5. The third kappa shape index (κ3) is 4.23. The van der Waals surface area contributed by atoms with Gasteiger partial charge >= 0.3 is 0 Å². The minimum Gasteiger partial charge on any atom is -0.493 e. The lowest BCUT2D eigenvalue weighted by Gasteiger charge is -2.40. The lowest BCUT2D eigenvalue weighted by atomic mass is 9.90. The number of ether oxygens (including phenoxy) is 2. The van der Waals surface area contributed by atoms with Gasteiger partial charge in [0.25, 0.3) is 5.91 Å². The molecular formula is C25H24Cl2N2O3. The second-order valence-electron chi connectivity index (χ2n) is 7.71. The zero-order chi connectivity index (χ0) is 22.8. The molecule has 166 valence electrons. The first kappa shape index (κ1) is 22.3. The monoisotopic (exact) mass is 470 g/mol. The number of anilines is 2. The van der Waals surface area contributed by atoms with Gasteiger partial charge in [-0.1, -0.05) is 41.4 Å². The quantitative estimate of drug-likeness (QED) is 0.456. The van der Waals surface area contributed by atoms with Crippen molar-refractivity contribution in [1.82, 2.24) is 0 Å². The second kappa shape index (κ2) is 9.31. The number of nitrogens with zero attached hydrogens (tertiary/aromatic N) is 1. The highest BCUT2D eigenvalue weighted by Crippen LogP contribution is 2.41. The normalized spacial score (nSPS) is 17.5. The van der Waals surface area contributed by atoms with Gasteiger partial charge in [-0.2, -0.15) is 0 Å². The van der Waals surface area contributed by atoms with Crippen molar-refractivity contribution in [3.8, 4) is 11.5 Å². The first-order valence-corrected chi connectivity index (χ1v) is 11.0. The molecule has 5 nitrogen and oxygen atoms in total. The number of hydrogen-bond acceptors (Lipinski definition) is 4. The molecule has 0 saturated carbocycles. The molecule has 32 heavy (non-hydrogen) atoms. The van der Waals surface area contributed by atoms with Gasteiger partial charge < -0.3 is 19.7 Å². The van der Waals surface area contributed by atoms with E-state index in [1.165, 1.54) is 0 Å². The Balaban J connectivity index is 1.68. The van der Waals surface area contributed by atoms with Crippen molar-refractivity contribution in [1.29, 1.82) is 0 Å². The van der Waals surface area contributed by atoms with Crippen molar-refractivity contribution >= 4 is 40.5 Å². The molecular weight excluding hydrogens is 447 g/mol. The van der Waals surface area contributed by atoms with Gasteiger partial charge in [0.1, 0.15) is 0 Å². The van der Waals surface area contributed by atoms with Crippen molar-refractivity contribution < 1.29 is 14.3 Å². The van der Waals surface area contributed by atoms with Gasteiger partial charge in [-0.3, -0.25) is 4.79 Å². The summed E-state index contributed by atoms with van der Waals surface area (Å²) in [5.74, 6) is 1.02. The number of nitrogens with one attached hydrogen (secondary N) is 1. The molecule has 0 fully saturated rings. The molecule has 1 heterocycles. The van der Waals surface area contributed by atoms with Crippen LogP contribution in [0.4, 0.5) is 11.4 Å². The molecule has 1 amide bonds. The summed E-state index contributed by atoms with van der Waals surface area (Å²) in [5, 5.41) is 4.68. The topological polar surface area (TPSA) is 50.8 Å². The summed E-state index contributed by atoms with van der Waals surface area (Å²) < 4.78 is 10.7. The third-order valence-electron chi connectivity index (χ3n) is 5.70. The molecule has 1 aliphatic heterocycles. The number of amides is 1. The van der Waals surface area contributed by atoms with Crippen molar-refractivity contribution in [3.63, 3.8) is 0 Å². The molecule has 1 N–H and O–H groups in total. The van der Waals surface area contributed by atoms with Crippen LogP contribution in [0, 0.1) is 0 Å². The van der Waals surface area contributed by atoms with Crippen LogP contribution in [-0.2, 0) is 0 Å². The number of halogens is 2. The maximum Gasteiger partial charge on any atom is 0.258 e. The molecule has 0 saturated heterocycles. The van der Waals surface area contributed by atoms with E-state index in [-0.39, 0.29) is 18.0 Å². The zero-order valence-corrected chi connectivity index (χ0v) is 19.6. The first-order valence-electron chi connectivity index (χ1n) is 10.3. The average Bonchev–Trinajstić information content (AvgIpc) is 2.80. The van der Waals surface area contributed by atoms with Gasteiger partial charge in [0.05, 0.1) is 31.0 Å². The fourth-order valence-corrected chi connectivity index (χ4v) is 4.62. The van der Waals surface area contributed by atoms with Crippen molar-refractivity contribution in [3.05, 3.63) is 81.8 Å². The van der Waals surface area contributed by atoms with Gasteiger partial charge in [0.15, 0.2) is 11.5 Å². The Morgan fingerprint density at radius 3 is 2.47 bits per heavy atom. The summed E-state index contributed by atoms with van der Waals surface area (Å²) in [6.45, 7) is 2.05. The van der Waals surface area contributed by atoms with E-state index in [0.29, 0.717) is 27.1 Å². The predicted molar refractivity (Wildman–Crippen MR) is 130 cm³/mol. The first-order chi connectivity index (χ1) is 15.4. The standard InChI is InChI=1S/C25H24Cl2N2O3/c1-15-12-21(28-20-10-9-17(26)14-19(20)27)18-6-4-5-7-22(18)29(15)25(30)16-8-11-23(31-2)24(13-16)32-3/h4-11,13-15,21,28H,12H2,1-3H3. The molecule has 0 radical (unpaired) electrons. The Morgan fingerprint density at radius 2 is 1.75 bits per heavy atom. The largest absolute Gasteiger partial charge is 0.493 e. The van der Waals surface area contributed by atoms with Crippen LogP contribution in [0.1, 0.15) is 35.3 Å². The van der Waals surface area contributed by atoms with Gasteiger partial charge in [-0.25, -0.2) is 0 Å². The predicted octanol–water partition coefficient (Wildman–Crippen LogP) is 6.60. The minimum absolute atomic E-state index is 0.00525. The van der Waals surface area contributed by atoms with Crippen LogP contribution in [0.2, 0.25) is 10.0 Å². The van der Waals surface area contributed by atoms with E-state index in [0.717, 1.165) is 23.4 Å². The Morgan fingerprint density at radius 1 is 1.00 bits per heavy atom. The zero-order valence-electron chi connectivity index (χ0n) is 18.1. The van der Waals surface area contributed by atoms with Gasteiger partial charge in [-0.05, 0) is 61.4 Å². The number of para-hydroxylation sites is 1. The SMILES string of the molecule is COc1ccc(C(=O)N2c3ccccc3C(Nc3ccc(Cl)cc3Cl)CC2C)cc1OC. The molecule has 0 spiro atoms. The van der Waals surface area contributed by atoms with E-state index in [4.69, 9.17) is 32.7 Å². The molecule has 2 atom stereocenters. The Labute approximate surface area is 197 Å². The number of carbonyl (C=O) groups is 1. The molecule has 0 bridgehead atoms. The van der Waals surface area contributed by atoms with E-state index in [1.807, 2.05) is 42.2 Å². The fourth-order valence-electron chi connectivity index (χ4n) is 4.16. The summed E-state index contributed by atoms with van der Waals surface area (Å²) >= 11 is 12.4. The van der Waals surface area contributed by atoms with Crippen molar-refractivity contribution in [2.45, 2.75) is 25.4 Å². The molecule has 4 rings (SSSR count). The Hall–Kier alpha value is -2.89. The molecule has 0 aromatic heterocycles. The smallest absolute Gasteiger partial charge is 0.258 e. The lowest BCUT2D eigenvalue weighted by Crippen LogP contribution is -2.44. The van der Waals surface area contributed by atoms with Crippen LogP contribution in [0.3, 0.4) is 0 Å². The second-order valence-corrected chi connectivity index (χ2v) is 8.55. The van der Waals surface area contributed by atoms with Crippen LogP contribution in [0.5, 0.6) is 11.5 Å². The average molecular weight is 471 g/mol. The van der Waals surface area contributed by atoms with Gasteiger partial charge in [0, 0.05) is 22.3 Å². The van der Waals surface area contributed by atoms with E-state index in [1.54, 1.807) is 44.6 Å². The number of carbonyl (C=O) groups excluding carboxylic acids is 1. The Kier molecular flexibility index (Phi) is 6.49. The maximum absolute atomic E-state index is 13.6. The number of rotatable bonds is 5. The van der Waals surface area contributed by atoms with Crippen LogP contribution in [-0.4, -0.2) is 26.2 Å². The van der Waals surface area contributed by atoms with E-state index in [9.17, 15) is 4.79 Å². The molecule has 3 aromatic rings. The van der Waals surface area contributed by atoms with E-state index in [2.05, 4.69) is 5.32 Å². The number of methoxy groups -OCH3 is 2. The summed E-state index contributed by atoms with van der Waals surface area (Å²) in [5.41, 5.74) is 3.25. The summed E-state index contributed by atoms with van der Waals surface area (Å²) in [4.78, 5) is 15.4. The minimum atomic E-state index is -0.0890.